The van der Waals surface area contributed by atoms with Crippen molar-refractivity contribution >= 4 is 28.1 Å². The molecular weight excluding hydrogens is 398 g/mol. The molecule has 3 N–H and O–H groups in total. The van der Waals surface area contributed by atoms with E-state index in [0.29, 0.717) is 0 Å². The summed E-state index contributed by atoms with van der Waals surface area (Å²) in [6.07, 6.45) is 6.51. The van der Waals surface area contributed by atoms with Gasteiger partial charge in [-0.1, -0.05) is 19.1 Å². The average Bonchev–Trinajstić information content (AvgIpc) is 2.83. The molecule has 1 aliphatic heterocycles. The Bertz CT molecular complexity index is 1040. The SMILES string of the molecule is CCc1cccc(Nc2ncnc3ccc(N/C=C\NCCN4CCN(C)CC4)cc23)c1. The number of nitrogens with zero attached hydrogens (tertiary/aromatic N) is 4. The van der Waals surface area contributed by atoms with Gasteiger partial charge in [0.15, 0.2) is 0 Å². The van der Waals surface area contributed by atoms with Crippen molar-refractivity contribution in [3.8, 4) is 0 Å². The zero-order valence-electron chi connectivity index (χ0n) is 19.0. The van der Waals surface area contributed by atoms with Gasteiger partial charge in [0.1, 0.15) is 12.1 Å². The van der Waals surface area contributed by atoms with Crippen molar-refractivity contribution in [1.82, 2.24) is 25.1 Å². The number of benzene rings is 2. The van der Waals surface area contributed by atoms with Crippen molar-refractivity contribution in [3.05, 3.63) is 66.8 Å². The third-order valence-electron chi connectivity index (χ3n) is 5.85. The fraction of sp³-hybridized carbons (Fsp3) is 0.360. The molecule has 0 unspecified atom stereocenters. The monoisotopic (exact) mass is 431 g/mol. The Kier molecular flexibility index (Phi) is 7.53. The minimum atomic E-state index is 0.807. The molecular formula is C25H33N7. The summed E-state index contributed by atoms with van der Waals surface area (Å²) in [7, 11) is 2.19. The van der Waals surface area contributed by atoms with Crippen molar-refractivity contribution in [1.29, 1.82) is 0 Å². The quantitative estimate of drug-likeness (QED) is 0.447. The smallest absolute Gasteiger partial charge is 0.141 e. The normalized spacial score (nSPS) is 15.3. The van der Waals surface area contributed by atoms with Crippen molar-refractivity contribution in [2.75, 3.05) is 56.9 Å². The van der Waals surface area contributed by atoms with E-state index in [2.05, 4.69) is 80.0 Å². The van der Waals surface area contributed by atoms with Gasteiger partial charge in [-0.05, 0) is 49.4 Å². The Morgan fingerprint density at radius 3 is 2.69 bits per heavy atom. The van der Waals surface area contributed by atoms with Crippen LogP contribution in [0.2, 0.25) is 0 Å². The number of nitrogens with one attached hydrogen (secondary N) is 3. The molecule has 3 aromatic rings. The highest BCUT2D eigenvalue weighted by Crippen LogP contribution is 2.26. The van der Waals surface area contributed by atoms with Gasteiger partial charge in [-0.2, -0.15) is 0 Å². The molecule has 32 heavy (non-hydrogen) atoms. The van der Waals surface area contributed by atoms with Crippen LogP contribution in [0.15, 0.2) is 61.2 Å². The summed E-state index contributed by atoms with van der Waals surface area (Å²) in [5.74, 6) is 0.807. The van der Waals surface area contributed by atoms with Gasteiger partial charge in [0.2, 0.25) is 0 Å². The van der Waals surface area contributed by atoms with Gasteiger partial charge < -0.3 is 20.9 Å². The summed E-state index contributed by atoms with van der Waals surface area (Å²) in [6, 6.07) is 14.6. The molecule has 2 heterocycles. The van der Waals surface area contributed by atoms with E-state index in [1.165, 1.54) is 5.56 Å². The van der Waals surface area contributed by atoms with Crippen LogP contribution in [-0.4, -0.2) is 66.1 Å². The topological polar surface area (TPSA) is 68.3 Å². The van der Waals surface area contributed by atoms with E-state index in [-0.39, 0.29) is 0 Å². The highest BCUT2D eigenvalue weighted by Gasteiger charge is 2.12. The summed E-state index contributed by atoms with van der Waals surface area (Å²) in [6.45, 7) is 8.79. The molecule has 1 fully saturated rings. The molecule has 168 valence electrons. The van der Waals surface area contributed by atoms with Crippen LogP contribution in [-0.2, 0) is 6.42 Å². The second-order valence-corrected chi connectivity index (χ2v) is 8.21. The van der Waals surface area contributed by atoms with E-state index in [0.717, 1.165) is 73.8 Å². The molecule has 0 amide bonds. The molecule has 1 saturated heterocycles. The number of aryl methyl sites for hydroxylation is 1. The first-order valence-electron chi connectivity index (χ1n) is 11.4. The van der Waals surface area contributed by atoms with Crippen LogP contribution in [0.4, 0.5) is 17.2 Å². The van der Waals surface area contributed by atoms with E-state index < -0.39 is 0 Å². The molecule has 7 heteroatoms. The number of hydrogen-bond acceptors (Lipinski definition) is 7. The minimum Gasteiger partial charge on any atom is -0.388 e. The van der Waals surface area contributed by atoms with E-state index in [1.54, 1.807) is 6.33 Å². The largest absolute Gasteiger partial charge is 0.388 e. The van der Waals surface area contributed by atoms with Gasteiger partial charge in [-0.3, -0.25) is 4.90 Å². The first-order valence-corrected chi connectivity index (χ1v) is 11.4. The highest BCUT2D eigenvalue weighted by molar-refractivity contribution is 5.93. The van der Waals surface area contributed by atoms with E-state index in [9.17, 15) is 0 Å². The van der Waals surface area contributed by atoms with Crippen LogP contribution in [0.5, 0.6) is 0 Å². The summed E-state index contributed by atoms with van der Waals surface area (Å²) in [5.41, 5.74) is 4.23. The summed E-state index contributed by atoms with van der Waals surface area (Å²) >= 11 is 0. The van der Waals surface area contributed by atoms with Gasteiger partial charge in [-0.25, -0.2) is 9.97 Å². The van der Waals surface area contributed by atoms with Gasteiger partial charge in [0.25, 0.3) is 0 Å². The van der Waals surface area contributed by atoms with Crippen molar-refractivity contribution < 1.29 is 0 Å². The van der Waals surface area contributed by atoms with Gasteiger partial charge in [-0.15, -0.1) is 0 Å². The maximum atomic E-state index is 4.48. The Morgan fingerprint density at radius 1 is 0.969 bits per heavy atom. The van der Waals surface area contributed by atoms with Gasteiger partial charge >= 0.3 is 0 Å². The van der Waals surface area contributed by atoms with Crippen LogP contribution in [0.3, 0.4) is 0 Å². The van der Waals surface area contributed by atoms with Crippen LogP contribution in [0, 0.1) is 0 Å². The first kappa shape index (κ1) is 22.0. The summed E-state index contributed by atoms with van der Waals surface area (Å²) in [5, 5.41) is 11.1. The van der Waals surface area contributed by atoms with Crippen molar-refractivity contribution in [2.24, 2.45) is 0 Å². The first-order chi connectivity index (χ1) is 15.7. The Balaban J connectivity index is 1.34. The number of piperazine rings is 1. The van der Waals surface area contributed by atoms with E-state index in [1.807, 2.05) is 24.5 Å². The molecule has 0 saturated carbocycles. The number of likely N-dealkylation sites (N-methyl/N-ethyl adjacent to an activating group) is 1. The molecule has 0 radical (unpaired) electrons. The second-order valence-electron chi connectivity index (χ2n) is 8.21. The predicted molar refractivity (Wildman–Crippen MR) is 133 cm³/mol. The van der Waals surface area contributed by atoms with Crippen LogP contribution in [0.1, 0.15) is 12.5 Å². The number of anilines is 3. The Morgan fingerprint density at radius 2 is 1.84 bits per heavy atom. The number of rotatable bonds is 9. The Hall–Kier alpha value is -3.16. The molecule has 1 aromatic heterocycles. The van der Waals surface area contributed by atoms with Crippen LogP contribution in [0.25, 0.3) is 10.9 Å². The molecule has 2 aromatic carbocycles. The second kappa shape index (κ2) is 10.9. The number of fused-ring (bicyclic) bond motifs is 1. The van der Waals surface area contributed by atoms with E-state index >= 15 is 0 Å². The minimum absolute atomic E-state index is 0.807. The molecule has 7 nitrogen and oxygen atoms in total. The van der Waals surface area contributed by atoms with E-state index in [4.69, 9.17) is 0 Å². The highest BCUT2D eigenvalue weighted by atomic mass is 15.2. The predicted octanol–water partition coefficient (Wildman–Crippen LogP) is 3.66. The standard InChI is InChI=1S/C25H33N7/c1-3-20-5-4-6-22(17-20)30-25-23-18-21(7-8-24(23)28-19-29-25)27-10-9-26-11-12-32-15-13-31(2)14-16-32/h4-10,17-19,26-27H,3,11-16H2,1-2H3,(H,28,29,30)/b10-9-. The van der Waals surface area contributed by atoms with Crippen LogP contribution < -0.4 is 16.0 Å². The molecule has 4 rings (SSSR count). The molecule has 0 spiro atoms. The lowest BCUT2D eigenvalue weighted by molar-refractivity contribution is 0.156. The Labute approximate surface area is 190 Å². The lowest BCUT2D eigenvalue weighted by Gasteiger charge is -2.32. The summed E-state index contributed by atoms with van der Waals surface area (Å²) < 4.78 is 0. The van der Waals surface area contributed by atoms with Gasteiger partial charge in [0.05, 0.1) is 5.52 Å². The number of aromatic nitrogens is 2. The maximum absolute atomic E-state index is 4.48. The molecule has 0 bridgehead atoms. The van der Waals surface area contributed by atoms with Gasteiger partial charge in [0, 0.05) is 68.4 Å². The fourth-order valence-electron chi connectivity index (χ4n) is 3.83. The van der Waals surface area contributed by atoms with Crippen molar-refractivity contribution in [3.63, 3.8) is 0 Å². The zero-order valence-corrected chi connectivity index (χ0v) is 19.0. The third kappa shape index (κ3) is 5.96. The lowest BCUT2D eigenvalue weighted by atomic mass is 10.1. The lowest BCUT2D eigenvalue weighted by Crippen LogP contribution is -2.46. The number of hydrogen-bond donors (Lipinski definition) is 3. The van der Waals surface area contributed by atoms with Crippen LogP contribution >= 0.6 is 0 Å². The molecule has 0 aliphatic carbocycles. The zero-order chi connectivity index (χ0) is 22.2. The summed E-state index contributed by atoms with van der Waals surface area (Å²) in [4.78, 5) is 13.8. The van der Waals surface area contributed by atoms with Crippen molar-refractivity contribution in [2.45, 2.75) is 13.3 Å². The third-order valence-corrected chi connectivity index (χ3v) is 5.85. The maximum Gasteiger partial charge on any atom is 0.141 e. The molecule has 1 aliphatic rings. The fourth-order valence-corrected chi connectivity index (χ4v) is 3.83. The average molecular weight is 432 g/mol. The molecule has 0 atom stereocenters.